The molecule has 0 spiro atoms. The highest BCUT2D eigenvalue weighted by Gasteiger charge is 2.18. The van der Waals surface area contributed by atoms with Gasteiger partial charge < -0.3 is 9.84 Å². The van der Waals surface area contributed by atoms with Crippen molar-refractivity contribution in [2.45, 2.75) is 13.8 Å². The molecule has 1 N–H and O–H groups in total. The largest absolute Gasteiger partial charge is 0.361 e. The van der Waals surface area contributed by atoms with Gasteiger partial charge in [-0.3, -0.25) is 4.79 Å². The van der Waals surface area contributed by atoms with Gasteiger partial charge in [-0.1, -0.05) is 29.4 Å². The van der Waals surface area contributed by atoms with Crippen LogP contribution in [0.3, 0.4) is 0 Å². The molecule has 21 heavy (non-hydrogen) atoms. The predicted octanol–water partition coefficient (Wildman–Crippen LogP) is 4.27. The van der Waals surface area contributed by atoms with E-state index in [1.54, 1.807) is 25.2 Å². The Morgan fingerprint density at radius 2 is 2.00 bits per heavy atom. The van der Waals surface area contributed by atoms with Crippen molar-refractivity contribution < 1.29 is 9.32 Å². The van der Waals surface area contributed by atoms with Gasteiger partial charge in [-0.25, -0.2) is 0 Å². The summed E-state index contributed by atoms with van der Waals surface area (Å²) in [4.78, 5) is 13.5. The van der Waals surface area contributed by atoms with E-state index < -0.39 is 0 Å². The third-order valence-electron chi connectivity index (χ3n) is 3.22. The van der Waals surface area contributed by atoms with Crippen LogP contribution in [0.25, 0.3) is 10.4 Å². The Labute approximate surface area is 126 Å². The quantitative estimate of drug-likeness (QED) is 0.785. The van der Waals surface area contributed by atoms with Crippen molar-refractivity contribution in [1.29, 1.82) is 0 Å². The van der Waals surface area contributed by atoms with E-state index in [-0.39, 0.29) is 5.91 Å². The van der Waals surface area contributed by atoms with Crippen LogP contribution in [0, 0.1) is 13.8 Å². The SMILES string of the molecule is Cc1noc(C)c1C(=O)Nc1ccccc1-c1cccs1. The Morgan fingerprint density at radius 1 is 1.19 bits per heavy atom. The Hall–Kier alpha value is -2.40. The molecule has 3 aromatic rings. The van der Waals surface area contributed by atoms with Gasteiger partial charge >= 0.3 is 0 Å². The fourth-order valence-electron chi connectivity index (χ4n) is 2.23. The van der Waals surface area contributed by atoms with Crippen molar-refractivity contribution in [1.82, 2.24) is 5.16 Å². The summed E-state index contributed by atoms with van der Waals surface area (Å²) in [6.07, 6.45) is 0. The summed E-state index contributed by atoms with van der Waals surface area (Å²) in [5.41, 5.74) is 2.88. The lowest BCUT2D eigenvalue weighted by atomic mass is 10.1. The number of hydrogen-bond donors (Lipinski definition) is 1. The molecule has 2 aromatic heterocycles. The second kappa shape index (κ2) is 5.54. The van der Waals surface area contributed by atoms with Crippen molar-refractivity contribution in [3.8, 4) is 10.4 Å². The van der Waals surface area contributed by atoms with Gasteiger partial charge in [0, 0.05) is 16.1 Å². The summed E-state index contributed by atoms with van der Waals surface area (Å²) in [6.45, 7) is 3.50. The lowest BCUT2D eigenvalue weighted by molar-refractivity contribution is 0.102. The van der Waals surface area contributed by atoms with E-state index in [2.05, 4.69) is 10.5 Å². The predicted molar refractivity (Wildman–Crippen MR) is 83.7 cm³/mol. The average molecular weight is 298 g/mol. The molecule has 0 saturated carbocycles. The van der Waals surface area contributed by atoms with Crippen molar-refractivity contribution in [3.05, 3.63) is 58.8 Å². The summed E-state index contributed by atoms with van der Waals surface area (Å²) >= 11 is 1.64. The van der Waals surface area contributed by atoms with E-state index >= 15 is 0 Å². The second-order valence-electron chi connectivity index (χ2n) is 4.68. The van der Waals surface area contributed by atoms with Crippen LogP contribution in [0.5, 0.6) is 0 Å². The minimum atomic E-state index is -0.199. The normalized spacial score (nSPS) is 10.6. The van der Waals surface area contributed by atoms with Crippen molar-refractivity contribution >= 4 is 22.9 Å². The zero-order valence-corrected chi connectivity index (χ0v) is 12.5. The molecule has 0 radical (unpaired) electrons. The minimum Gasteiger partial charge on any atom is -0.361 e. The molecule has 0 unspecified atom stereocenters. The minimum absolute atomic E-state index is 0.199. The van der Waals surface area contributed by atoms with Crippen LogP contribution in [-0.2, 0) is 0 Å². The molecule has 2 heterocycles. The average Bonchev–Trinajstić information content (AvgIpc) is 3.10. The van der Waals surface area contributed by atoms with Gasteiger partial charge in [0.2, 0.25) is 0 Å². The fraction of sp³-hybridized carbons (Fsp3) is 0.125. The molecule has 0 aliphatic carbocycles. The highest BCUT2D eigenvalue weighted by atomic mass is 32.1. The number of hydrogen-bond acceptors (Lipinski definition) is 4. The van der Waals surface area contributed by atoms with Crippen LogP contribution < -0.4 is 5.32 Å². The zero-order valence-electron chi connectivity index (χ0n) is 11.7. The first kappa shape index (κ1) is 13.6. The molecule has 4 nitrogen and oxygen atoms in total. The van der Waals surface area contributed by atoms with Crippen molar-refractivity contribution in [3.63, 3.8) is 0 Å². The van der Waals surface area contributed by atoms with E-state index in [0.29, 0.717) is 17.0 Å². The number of anilines is 1. The van der Waals surface area contributed by atoms with Gasteiger partial charge in [-0.05, 0) is 31.4 Å². The molecular formula is C16H14N2O2S. The van der Waals surface area contributed by atoms with Gasteiger partial charge in [-0.2, -0.15) is 0 Å². The zero-order chi connectivity index (χ0) is 14.8. The Morgan fingerprint density at radius 3 is 2.67 bits per heavy atom. The first-order valence-electron chi connectivity index (χ1n) is 6.54. The van der Waals surface area contributed by atoms with Crippen LogP contribution in [0.4, 0.5) is 5.69 Å². The maximum absolute atomic E-state index is 12.4. The van der Waals surface area contributed by atoms with Crippen molar-refractivity contribution in [2.24, 2.45) is 0 Å². The van der Waals surface area contributed by atoms with Crippen LogP contribution in [0.2, 0.25) is 0 Å². The number of thiophene rings is 1. The summed E-state index contributed by atoms with van der Waals surface area (Å²) in [5, 5.41) is 8.78. The van der Waals surface area contributed by atoms with E-state index in [1.165, 1.54) is 0 Å². The molecule has 0 saturated heterocycles. The number of carbonyl (C=O) groups excluding carboxylic acids is 1. The molecule has 1 amide bonds. The van der Waals surface area contributed by atoms with Crippen LogP contribution >= 0.6 is 11.3 Å². The smallest absolute Gasteiger partial charge is 0.261 e. The number of benzene rings is 1. The summed E-state index contributed by atoms with van der Waals surface area (Å²) < 4.78 is 5.05. The lowest BCUT2D eigenvalue weighted by Gasteiger charge is -2.09. The molecule has 5 heteroatoms. The van der Waals surface area contributed by atoms with Gasteiger partial charge in [-0.15, -0.1) is 11.3 Å². The molecular weight excluding hydrogens is 284 g/mol. The Balaban J connectivity index is 1.94. The topological polar surface area (TPSA) is 55.1 Å². The standard InChI is InChI=1S/C16H14N2O2S/c1-10-15(11(2)20-18-10)16(19)17-13-7-4-3-6-12(13)14-8-5-9-21-14/h3-9H,1-2H3,(H,17,19). The molecule has 1 aromatic carbocycles. The molecule has 0 atom stereocenters. The molecule has 0 bridgehead atoms. The number of amides is 1. The summed E-state index contributed by atoms with van der Waals surface area (Å²) in [5.74, 6) is 0.328. The number of aromatic nitrogens is 1. The first-order valence-corrected chi connectivity index (χ1v) is 7.42. The Bertz CT molecular complexity index is 756. The first-order chi connectivity index (χ1) is 10.2. The number of nitrogens with one attached hydrogen (secondary N) is 1. The van der Waals surface area contributed by atoms with Gasteiger partial charge in [0.25, 0.3) is 5.91 Å². The van der Waals surface area contributed by atoms with E-state index in [4.69, 9.17) is 4.52 Å². The van der Waals surface area contributed by atoms with Crippen LogP contribution in [0.1, 0.15) is 21.8 Å². The highest BCUT2D eigenvalue weighted by molar-refractivity contribution is 7.13. The third kappa shape index (κ3) is 2.60. The van der Waals surface area contributed by atoms with Crippen LogP contribution in [0.15, 0.2) is 46.3 Å². The summed E-state index contributed by atoms with van der Waals surface area (Å²) in [7, 11) is 0. The van der Waals surface area contributed by atoms with E-state index in [9.17, 15) is 4.79 Å². The van der Waals surface area contributed by atoms with E-state index in [1.807, 2.05) is 41.8 Å². The highest BCUT2D eigenvalue weighted by Crippen LogP contribution is 2.31. The second-order valence-corrected chi connectivity index (χ2v) is 5.62. The lowest BCUT2D eigenvalue weighted by Crippen LogP contribution is -2.14. The number of para-hydroxylation sites is 1. The monoisotopic (exact) mass is 298 g/mol. The maximum atomic E-state index is 12.4. The van der Waals surface area contributed by atoms with E-state index in [0.717, 1.165) is 16.1 Å². The summed E-state index contributed by atoms with van der Waals surface area (Å²) in [6, 6.07) is 11.8. The molecule has 0 aliphatic rings. The molecule has 0 aliphatic heterocycles. The molecule has 106 valence electrons. The maximum Gasteiger partial charge on any atom is 0.261 e. The van der Waals surface area contributed by atoms with Gasteiger partial charge in [0.05, 0.1) is 5.69 Å². The molecule has 0 fully saturated rings. The number of carbonyl (C=O) groups is 1. The van der Waals surface area contributed by atoms with Gasteiger partial charge in [0.1, 0.15) is 11.3 Å². The Kier molecular flexibility index (Phi) is 3.58. The molecule has 3 rings (SSSR count). The number of nitrogens with zero attached hydrogens (tertiary/aromatic N) is 1. The van der Waals surface area contributed by atoms with Crippen LogP contribution in [-0.4, -0.2) is 11.1 Å². The van der Waals surface area contributed by atoms with Gasteiger partial charge in [0.15, 0.2) is 0 Å². The fourth-order valence-corrected chi connectivity index (χ4v) is 3.00. The van der Waals surface area contributed by atoms with Crippen molar-refractivity contribution in [2.75, 3.05) is 5.32 Å². The number of rotatable bonds is 3. The third-order valence-corrected chi connectivity index (χ3v) is 4.13. The number of aryl methyl sites for hydroxylation is 2.